The highest BCUT2D eigenvalue weighted by Crippen LogP contribution is 2.18. The van der Waals surface area contributed by atoms with E-state index in [1.165, 1.54) is 17.5 Å². The molecule has 0 aliphatic carbocycles. The van der Waals surface area contributed by atoms with Crippen LogP contribution in [0.3, 0.4) is 0 Å². The number of rotatable bonds is 3. The van der Waals surface area contributed by atoms with Crippen LogP contribution in [-0.2, 0) is 17.2 Å². The van der Waals surface area contributed by atoms with Crippen LogP contribution in [0.1, 0.15) is 36.9 Å². The van der Waals surface area contributed by atoms with E-state index >= 15 is 0 Å². The molecule has 0 bridgehead atoms. The molecule has 1 aliphatic heterocycles. The van der Waals surface area contributed by atoms with Crippen LogP contribution in [0.4, 0.5) is 0 Å². The minimum absolute atomic E-state index is 0.272. The van der Waals surface area contributed by atoms with E-state index in [2.05, 4.69) is 36.5 Å². The SMILES string of the molecule is CCCc1ccc(C2CS(=O)CCCN2)cc1. The van der Waals surface area contributed by atoms with Gasteiger partial charge in [0.1, 0.15) is 0 Å². The van der Waals surface area contributed by atoms with Crippen LogP contribution in [0.2, 0.25) is 0 Å². The average Bonchev–Trinajstić information content (AvgIpc) is 2.55. The highest BCUT2D eigenvalue weighted by atomic mass is 32.2. The molecule has 2 atom stereocenters. The molecule has 2 rings (SSSR count). The van der Waals surface area contributed by atoms with Gasteiger partial charge in [0, 0.05) is 28.3 Å². The molecule has 1 fully saturated rings. The van der Waals surface area contributed by atoms with Gasteiger partial charge < -0.3 is 5.32 Å². The summed E-state index contributed by atoms with van der Waals surface area (Å²) in [5, 5.41) is 3.49. The summed E-state index contributed by atoms with van der Waals surface area (Å²) in [6.07, 6.45) is 3.35. The average molecular weight is 251 g/mol. The molecular weight excluding hydrogens is 230 g/mol. The predicted octanol–water partition coefficient (Wildman–Crippen LogP) is 2.42. The van der Waals surface area contributed by atoms with Gasteiger partial charge in [-0.2, -0.15) is 0 Å². The van der Waals surface area contributed by atoms with E-state index in [4.69, 9.17) is 0 Å². The van der Waals surface area contributed by atoms with Crippen LogP contribution in [-0.4, -0.2) is 22.3 Å². The summed E-state index contributed by atoms with van der Waals surface area (Å²) in [4.78, 5) is 0. The first-order chi connectivity index (χ1) is 8.29. The molecule has 0 aromatic heterocycles. The van der Waals surface area contributed by atoms with Gasteiger partial charge in [0.15, 0.2) is 0 Å². The van der Waals surface area contributed by atoms with Gasteiger partial charge in [0.25, 0.3) is 0 Å². The fourth-order valence-corrected chi connectivity index (χ4v) is 3.57. The lowest BCUT2D eigenvalue weighted by molar-refractivity contribution is 0.587. The minimum Gasteiger partial charge on any atom is -0.309 e. The predicted molar refractivity (Wildman–Crippen MR) is 73.7 cm³/mol. The van der Waals surface area contributed by atoms with Gasteiger partial charge in [0.2, 0.25) is 0 Å². The Morgan fingerprint density at radius 1 is 1.35 bits per heavy atom. The molecule has 0 amide bonds. The van der Waals surface area contributed by atoms with E-state index in [9.17, 15) is 4.21 Å². The summed E-state index contributed by atoms with van der Waals surface area (Å²) >= 11 is 0. The topological polar surface area (TPSA) is 29.1 Å². The molecular formula is C14H21NOS. The van der Waals surface area contributed by atoms with Crippen molar-refractivity contribution in [2.75, 3.05) is 18.1 Å². The summed E-state index contributed by atoms with van der Waals surface area (Å²) in [7, 11) is -0.659. The maximum Gasteiger partial charge on any atom is 0.0436 e. The van der Waals surface area contributed by atoms with E-state index in [1.54, 1.807) is 0 Å². The minimum atomic E-state index is -0.659. The monoisotopic (exact) mass is 251 g/mol. The molecule has 17 heavy (non-hydrogen) atoms. The zero-order chi connectivity index (χ0) is 12.1. The van der Waals surface area contributed by atoms with Gasteiger partial charge in [-0.05, 0) is 30.5 Å². The van der Waals surface area contributed by atoms with E-state index in [0.717, 1.165) is 30.9 Å². The first-order valence-electron chi connectivity index (χ1n) is 6.47. The molecule has 1 heterocycles. The maximum atomic E-state index is 11.7. The quantitative estimate of drug-likeness (QED) is 0.894. The fourth-order valence-electron chi connectivity index (χ4n) is 2.26. The van der Waals surface area contributed by atoms with Gasteiger partial charge in [-0.15, -0.1) is 0 Å². The Hall–Kier alpha value is -0.670. The van der Waals surface area contributed by atoms with E-state index in [1.807, 2.05) is 0 Å². The largest absolute Gasteiger partial charge is 0.309 e. The molecule has 0 radical (unpaired) electrons. The van der Waals surface area contributed by atoms with Crippen LogP contribution in [0.15, 0.2) is 24.3 Å². The molecule has 1 aromatic rings. The summed E-state index contributed by atoms with van der Waals surface area (Å²) in [5.41, 5.74) is 2.67. The lowest BCUT2D eigenvalue weighted by atomic mass is 10.0. The lowest BCUT2D eigenvalue weighted by Crippen LogP contribution is -2.23. The Morgan fingerprint density at radius 3 is 2.82 bits per heavy atom. The van der Waals surface area contributed by atoms with E-state index < -0.39 is 10.8 Å². The van der Waals surface area contributed by atoms with Crippen molar-refractivity contribution in [2.24, 2.45) is 0 Å². The summed E-state index contributed by atoms with van der Waals surface area (Å²) in [6.45, 7) is 3.18. The van der Waals surface area contributed by atoms with Crippen molar-refractivity contribution in [1.29, 1.82) is 0 Å². The van der Waals surface area contributed by atoms with Gasteiger partial charge in [-0.1, -0.05) is 37.6 Å². The number of nitrogens with one attached hydrogen (secondary N) is 1. The number of hydrogen-bond acceptors (Lipinski definition) is 2. The molecule has 94 valence electrons. The Morgan fingerprint density at radius 2 is 2.12 bits per heavy atom. The first-order valence-corrected chi connectivity index (χ1v) is 7.95. The normalized spacial score (nSPS) is 25.5. The van der Waals surface area contributed by atoms with Gasteiger partial charge in [0.05, 0.1) is 0 Å². The zero-order valence-corrected chi connectivity index (χ0v) is 11.3. The van der Waals surface area contributed by atoms with Crippen LogP contribution in [0.25, 0.3) is 0 Å². The number of hydrogen-bond donors (Lipinski definition) is 1. The van der Waals surface area contributed by atoms with Crippen molar-refractivity contribution in [3.8, 4) is 0 Å². The molecule has 0 spiro atoms. The highest BCUT2D eigenvalue weighted by Gasteiger charge is 2.17. The summed E-state index contributed by atoms with van der Waals surface area (Å²) in [6, 6.07) is 9.05. The standard InChI is InChI=1S/C14H21NOS/c1-2-4-12-5-7-13(8-6-12)14-11-17(16)10-3-9-15-14/h5-8,14-15H,2-4,9-11H2,1H3. The third-order valence-corrected chi connectivity index (χ3v) is 4.66. The Labute approximate surface area is 106 Å². The van der Waals surface area contributed by atoms with Crippen LogP contribution >= 0.6 is 0 Å². The van der Waals surface area contributed by atoms with Crippen molar-refractivity contribution in [3.05, 3.63) is 35.4 Å². The second-order valence-electron chi connectivity index (χ2n) is 4.66. The fraction of sp³-hybridized carbons (Fsp3) is 0.571. The summed E-state index contributed by atoms with van der Waals surface area (Å²) < 4.78 is 11.7. The van der Waals surface area contributed by atoms with Crippen molar-refractivity contribution in [2.45, 2.75) is 32.2 Å². The molecule has 2 unspecified atom stereocenters. The van der Waals surface area contributed by atoms with Crippen molar-refractivity contribution < 1.29 is 4.21 Å². The maximum absolute atomic E-state index is 11.7. The van der Waals surface area contributed by atoms with E-state index in [0.29, 0.717) is 0 Å². The molecule has 2 nitrogen and oxygen atoms in total. The van der Waals surface area contributed by atoms with Crippen LogP contribution in [0, 0.1) is 0 Å². The smallest absolute Gasteiger partial charge is 0.0436 e. The Bertz CT molecular complexity index is 374. The molecule has 1 N–H and O–H groups in total. The Balaban J connectivity index is 2.07. The second-order valence-corrected chi connectivity index (χ2v) is 6.28. The highest BCUT2D eigenvalue weighted by molar-refractivity contribution is 7.85. The van der Waals surface area contributed by atoms with Gasteiger partial charge in [-0.3, -0.25) is 4.21 Å². The molecule has 1 aliphatic rings. The van der Waals surface area contributed by atoms with Crippen molar-refractivity contribution in [1.82, 2.24) is 5.32 Å². The molecule has 1 saturated heterocycles. The number of benzene rings is 1. The van der Waals surface area contributed by atoms with Crippen molar-refractivity contribution in [3.63, 3.8) is 0 Å². The summed E-state index contributed by atoms with van der Waals surface area (Å²) in [5.74, 6) is 1.60. The third-order valence-electron chi connectivity index (χ3n) is 3.21. The van der Waals surface area contributed by atoms with Gasteiger partial charge >= 0.3 is 0 Å². The second kappa shape index (κ2) is 6.31. The van der Waals surface area contributed by atoms with Crippen LogP contribution < -0.4 is 5.32 Å². The molecule has 3 heteroatoms. The van der Waals surface area contributed by atoms with Crippen molar-refractivity contribution >= 4 is 10.8 Å². The van der Waals surface area contributed by atoms with Gasteiger partial charge in [-0.25, -0.2) is 0 Å². The molecule has 0 saturated carbocycles. The first kappa shape index (κ1) is 12.8. The van der Waals surface area contributed by atoms with E-state index in [-0.39, 0.29) is 6.04 Å². The number of aryl methyl sites for hydroxylation is 1. The third kappa shape index (κ3) is 3.65. The van der Waals surface area contributed by atoms with Crippen LogP contribution in [0.5, 0.6) is 0 Å². The molecule has 1 aromatic carbocycles. The zero-order valence-electron chi connectivity index (χ0n) is 10.4. The Kier molecular flexibility index (Phi) is 4.75. The lowest BCUT2D eigenvalue weighted by Gasteiger charge is -2.15.